The van der Waals surface area contributed by atoms with Crippen LogP contribution in [0.4, 0.5) is 22.0 Å². The SMILES string of the molecule is C/C=C(\C=N/F)c1nc2[nH]c(-c3ccc(F)cc3)cc2cc1C(F)(F)F. The summed E-state index contributed by atoms with van der Waals surface area (Å²) in [6.07, 6.45) is -2.72. The average Bonchev–Trinajstić information content (AvgIpc) is 3.01. The van der Waals surface area contributed by atoms with Crippen molar-refractivity contribution in [3.05, 3.63) is 59.5 Å². The van der Waals surface area contributed by atoms with Crippen molar-refractivity contribution in [2.24, 2.45) is 5.21 Å². The molecule has 1 aromatic carbocycles. The molecule has 0 aliphatic carbocycles. The summed E-state index contributed by atoms with van der Waals surface area (Å²) in [5.74, 6) is -0.423. The Kier molecular flexibility index (Phi) is 4.58. The van der Waals surface area contributed by atoms with Gasteiger partial charge in [-0.1, -0.05) is 15.8 Å². The van der Waals surface area contributed by atoms with E-state index in [9.17, 15) is 22.0 Å². The summed E-state index contributed by atoms with van der Waals surface area (Å²) in [7, 11) is 0. The first kappa shape index (κ1) is 17.8. The Hall–Kier alpha value is -3.03. The van der Waals surface area contributed by atoms with E-state index in [1.54, 1.807) is 0 Å². The lowest BCUT2D eigenvalue weighted by Crippen LogP contribution is -2.11. The molecule has 2 aromatic heterocycles. The van der Waals surface area contributed by atoms with Crippen LogP contribution in [-0.2, 0) is 6.18 Å². The van der Waals surface area contributed by atoms with Crippen molar-refractivity contribution in [1.29, 1.82) is 0 Å². The Balaban J connectivity index is 2.22. The molecule has 1 N–H and O–H groups in total. The highest BCUT2D eigenvalue weighted by molar-refractivity contribution is 6.09. The number of H-pyrrole nitrogens is 1. The number of allylic oxidation sites excluding steroid dienone is 2. The predicted molar refractivity (Wildman–Crippen MR) is 89.7 cm³/mol. The number of nitrogens with zero attached hydrogens (tertiary/aromatic N) is 2. The van der Waals surface area contributed by atoms with Crippen molar-refractivity contribution < 1.29 is 22.0 Å². The average molecular weight is 365 g/mol. The number of rotatable bonds is 3. The molecule has 0 unspecified atom stereocenters. The van der Waals surface area contributed by atoms with Crippen LogP contribution in [0.5, 0.6) is 0 Å². The molecule has 26 heavy (non-hydrogen) atoms. The van der Waals surface area contributed by atoms with Crippen molar-refractivity contribution in [3.63, 3.8) is 0 Å². The zero-order valence-corrected chi connectivity index (χ0v) is 13.4. The summed E-state index contributed by atoms with van der Waals surface area (Å²) in [5.41, 5.74) is -0.252. The van der Waals surface area contributed by atoms with Crippen molar-refractivity contribution in [1.82, 2.24) is 9.97 Å². The molecule has 0 aliphatic rings. The Morgan fingerprint density at radius 1 is 1.15 bits per heavy atom. The summed E-state index contributed by atoms with van der Waals surface area (Å²) in [6, 6.07) is 7.93. The van der Waals surface area contributed by atoms with Crippen molar-refractivity contribution >= 4 is 22.8 Å². The zero-order valence-electron chi connectivity index (χ0n) is 13.4. The van der Waals surface area contributed by atoms with Crippen LogP contribution in [0.2, 0.25) is 0 Å². The van der Waals surface area contributed by atoms with Gasteiger partial charge in [-0.05, 0) is 48.9 Å². The van der Waals surface area contributed by atoms with Gasteiger partial charge in [-0.25, -0.2) is 9.37 Å². The lowest BCUT2D eigenvalue weighted by atomic mass is 10.0. The summed E-state index contributed by atoms with van der Waals surface area (Å²) < 4.78 is 65.6. The maximum atomic E-state index is 13.4. The molecule has 0 aliphatic heterocycles. The molecule has 2 heterocycles. The van der Waals surface area contributed by atoms with Crippen LogP contribution in [0.25, 0.3) is 27.9 Å². The fraction of sp³-hybridized carbons (Fsp3) is 0.111. The molecular formula is C18H12F5N3. The van der Waals surface area contributed by atoms with E-state index < -0.39 is 23.3 Å². The number of pyridine rings is 1. The predicted octanol–water partition coefficient (Wildman–Crippen LogP) is 5.75. The number of hydrogen-bond donors (Lipinski definition) is 1. The van der Waals surface area contributed by atoms with E-state index in [1.165, 1.54) is 43.3 Å². The number of nitrogens with one attached hydrogen (secondary N) is 1. The molecule has 0 spiro atoms. The van der Waals surface area contributed by atoms with E-state index >= 15 is 0 Å². The first-order valence-corrected chi connectivity index (χ1v) is 7.51. The first-order chi connectivity index (χ1) is 12.3. The Bertz CT molecular complexity index is 998. The van der Waals surface area contributed by atoms with Gasteiger partial charge in [0.25, 0.3) is 0 Å². The van der Waals surface area contributed by atoms with Crippen LogP contribution in [0.3, 0.4) is 0 Å². The highest BCUT2D eigenvalue weighted by Gasteiger charge is 2.35. The van der Waals surface area contributed by atoms with E-state index in [1.807, 2.05) is 0 Å². The maximum Gasteiger partial charge on any atom is 0.418 e. The highest BCUT2D eigenvalue weighted by Crippen LogP contribution is 2.36. The first-order valence-electron chi connectivity index (χ1n) is 7.51. The van der Waals surface area contributed by atoms with Crippen LogP contribution in [0.15, 0.2) is 47.7 Å². The Labute approximate surface area is 144 Å². The van der Waals surface area contributed by atoms with E-state index in [2.05, 4.69) is 15.2 Å². The summed E-state index contributed by atoms with van der Waals surface area (Å²) in [6.45, 7) is 1.46. The molecule has 0 radical (unpaired) electrons. The van der Waals surface area contributed by atoms with Crippen molar-refractivity contribution in [2.75, 3.05) is 0 Å². The van der Waals surface area contributed by atoms with E-state index in [-0.39, 0.29) is 16.6 Å². The molecule has 0 bridgehead atoms. The molecule has 8 heteroatoms. The Morgan fingerprint density at radius 3 is 2.42 bits per heavy atom. The van der Waals surface area contributed by atoms with Crippen LogP contribution in [0, 0.1) is 5.82 Å². The van der Waals surface area contributed by atoms with Gasteiger partial charge in [-0.2, -0.15) is 13.2 Å². The minimum absolute atomic E-state index is 0.0975. The highest BCUT2D eigenvalue weighted by atomic mass is 19.4. The lowest BCUT2D eigenvalue weighted by Gasteiger charge is -2.12. The van der Waals surface area contributed by atoms with Gasteiger partial charge in [-0.15, -0.1) is 0 Å². The molecule has 3 nitrogen and oxygen atoms in total. The number of aromatic amines is 1. The fourth-order valence-electron chi connectivity index (χ4n) is 2.60. The monoisotopic (exact) mass is 365 g/mol. The summed E-state index contributed by atoms with van der Waals surface area (Å²) >= 11 is 0. The largest absolute Gasteiger partial charge is 0.418 e. The maximum absolute atomic E-state index is 13.4. The van der Waals surface area contributed by atoms with Crippen molar-refractivity contribution in [2.45, 2.75) is 13.1 Å². The van der Waals surface area contributed by atoms with Gasteiger partial charge in [0.1, 0.15) is 11.5 Å². The van der Waals surface area contributed by atoms with Crippen LogP contribution in [0.1, 0.15) is 18.2 Å². The molecule has 3 rings (SSSR count). The molecule has 0 atom stereocenters. The lowest BCUT2D eigenvalue weighted by molar-refractivity contribution is -0.137. The van der Waals surface area contributed by atoms with Crippen molar-refractivity contribution in [3.8, 4) is 11.3 Å². The summed E-state index contributed by atoms with van der Waals surface area (Å²) in [5, 5.41) is 2.53. The van der Waals surface area contributed by atoms with Gasteiger partial charge in [0, 0.05) is 16.7 Å². The minimum atomic E-state index is -4.68. The van der Waals surface area contributed by atoms with Gasteiger partial charge < -0.3 is 4.98 Å². The summed E-state index contributed by atoms with van der Waals surface area (Å²) in [4.78, 5) is 6.92. The van der Waals surface area contributed by atoms with E-state index in [0.717, 1.165) is 6.07 Å². The zero-order chi connectivity index (χ0) is 18.9. The van der Waals surface area contributed by atoms with Gasteiger partial charge in [0.2, 0.25) is 0 Å². The third kappa shape index (κ3) is 3.35. The molecular weight excluding hydrogens is 353 g/mol. The smallest absolute Gasteiger partial charge is 0.339 e. The number of benzene rings is 1. The minimum Gasteiger partial charge on any atom is -0.339 e. The second-order valence-corrected chi connectivity index (χ2v) is 5.48. The van der Waals surface area contributed by atoms with Crippen LogP contribution < -0.4 is 0 Å². The number of aromatic nitrogens is 2. The number of hydrogen-bond acceptors (Lipinski definition) is 2. The molecule has 3 aromatic rings. The third-order valence-electron chi connectivity index (χ3n) is 3.84. The fourth-order valence-corrected chi connectivity index (χ4v) is 2.60. The second kappa shape index (κ2) is 6.70. The normalized spacial score (nSPS) is 13.1. The molecule has 0 amide bonds. The molecule has 0 saturated heterocycles. The third-order valence-corrected chi connectivity index (χ3v) is 3.84. The molecule has 0 saturated carbocycles. The van der Waals surface area contributed by atoms with Gasteiger partial charge in [-0.3, -0.25) is 0 Å². The standard InChI is InChI=1S/C18H12F5N3/c1-2-10(9-24-23)16-14(18(20,21)22)7-12-8-15(25-17(12)26-16)11-3-5-13(19)6-4-11/h2-9H,1H3,(H,25,26)/b10-2+,24-9-. The topological polar surface area (TPSA) is 41.0 Å². The van der Waals surface area contributed by atoms with E-state index in [4.69, 9.17) is 0 Å². The van der Waals surface area contributed by atoms with Gasteiger partial charge in [0.15, 0.2) is 0 Å². The van der Waals surface area contributed by atoms with Gasteiger partial charge >= 0.3 is 6.18 Å². The van der Waals surface area contributed by atoms with Crippen LogP contribution in [-0.4, -0.2) is 16.2 Å². The number of alkyl halides is 3. The number of fused-ring (bicyclic) bond motifs is 1. The van der Waals surface area contributed by atoms with Gasteiger partial charge in [0.05, 0.1) is 17.5 Å². The quantitative estimate of drug-likeness (QED) is 0.466. The molecule has 0 fully saturated rings. The Morgan fingerprint density at radius 2 is 1.85 bits per heavy atom. The second-order valence-electron chi connectivity index (χ2n) is 5.48. The number of halogens is 5. The molecule has 134 valence electrons. The van der Waals surface area contributed by atoms with Crippen LogP contribution >= 0.6 is 0 Å². The van der Waals surface area contributed by atoms with E-state index in [0.29, 0.717) is 17.5 Å².